The predicted octanol–water partition coefficient (Wildman–Crippen LogP) is 4.38. The molecule has 1 aliphatic carbocycles. The molecule has 1 amide bonds. The van der Waals surface area contributed by atoms with Crippen molar-refractivity contribution in [3.63, 3.8) is 0 Å². The molecular formula is C27H27Cl2F2N5O. The zero-order valence-corrected chi connectivity index (χ0v) is 21.9. The van der Waals surface area contributed by atoms with E-state index in [1.54, 1.807) is 24.1 Å². The minimum Gasteiger partial charge on any atom is -0.338 e. The Morgan fingerprint density at radius 3 is 2.03 bits per heavy atom. The van der Waals surface area contributed by atoms with E-state index in [9.17, 15) is 13.6 Å². The molecule has 0 atom stereocenters. The van der Waals surface area contributed by atoms with Gasteiger partial charge in [0.05, 0.1) is 17.9 Å². The van der Waals surface area contributed by atoms with Crippen molar-refractivity contribution >= 4 is 29.1 Å². The van der Waals surface area contributed by atoms with Crippen LogP contribution in [0.15, 0.2) is 48.5 Å². The van der Waals surface area contributed by atoms with Gasteiger partial charge in [0.2, 0.25) is 17.8 Å². The molecule has 1 aliphatic heterocycles. The van der Waals surface area contributed by atoms with Crippen molar-refractivity contribution in [1.29, 1.82) is 0 Å². The highest BCUT2D eigenvalue weighted by molar-refractivity contribution is 6.30. The Morgan fingerprint density at radius 1 is 0.919 bits per heavy atom. The number of pyridine rings is 2. The molecule has 10 heteroatoms. The minimum absolute atomic E-state index is 0.0297. The maximum absolute atomic E-state index is 14.1. The van der Waals surface area contributed by atoms with Crippen LogP contribution in [0.4, 0.5) is 8.78 Å². The molecule has 0 unspecified atom stereocenters. The number of hydrogen-bond acceptors (Lipinski definition) is 5. The number of likely N-dealkylation sites (N-methyl/N-ethyl adjacent to an activating group) is 1. The number of piperazine rings is 1. The van der Waals surface area contributed by atoms with Gasteiger partial charge in [0.15, 0.2) is 0 Å². The third-order valence-electron chi connectivity index (χ3n) is 7.22. The van der Waals surface area contributed by atoms with E-state index in [-0.39, 0.29) is 17.5 Å². The molecule has 0 N–H and O–H groups in total. The topological polar surface area (TPSA) is 52.6 Å². The van der Waals surface area contributed by atoms with Crippen molar-refractivity contribution in [3.05, 3.63) is 93.0 Å². The van der Waals surface area contributed by atoms with Gasteiger partial charge in [-0.25, -0.2) is 9.97 Å². The highest BCUT2D eigenvalue weighted by atomic mass is 35.5. The zero-order chi connectivity index (χ0) is 26.2. The fraction of sp³-hybridized carbons (Fsp3) is 0.370. The number of nitrogens with zero attached hydrogens (tertiary/aromatic N) is 5. The number of amides is 1. The first-order valence-electron chi connectivity index (χ1n) is 12.2. The Hall–Kier alpha value is -2.65. The van der Waals surface area contributed by atoms with E-state index in [1.807, 2.05) is 12.1 Å². The summed E-state index contributed by atoms with van der Waals surface area (Å²) in [6, 6.07) is 13.7. The van der Waals surface area contributed by atoms with Gasteiger partial charge in [-0.05, 0) is 23.3 Å². The maximum atomic E-state index is 14.1. The Bertz CT molecular complexity index is 1250. The molecule has 6 nitrogen and oxygen atoms in total. The lowest BCUT2D eigenvalue weighted by Crippen LogP contribution is -2.64. The molecule has 3 aromatic rings. The number of fused-ring (bicyclic) bond motifs is 1. The third kappa shape index (κ3) is 5.62. The van der Waals surface area contributed by atoms with Crippen LogP contribution in [-0.2, 0) is 30.7 Å². The van der Waals surface area contributed by atoms with E-state index in [4.69, 9.17) is 23.2 Å². The number of hydrogen-bond donors (Lipinski definition) is 0. The van der Waals surface area contributed by atoms with Crippen LogP contribution in [0.1, 0.15) is 22.5 Å². The van der Waals surface area contributed by atoms with Crippen molar-refractivity contribution in [2.45, 2.75) is 31.5 Å². The summed E-state index contributed by atoms with van der Waals surface area (Å²) in [4.78, 5) is 28.1. The molecule has 0 spiro atoms. The maximum Gasteiger partial charge on any atom is 0.243 e. The molecule has 1 fully saturated rings. The molecule has 0 bridgehead atoms. The lowest BCUT2D eigenvalue weighted by molar-refractivity contribution is -0.145. The summed E-state index contributed by atoms with van der Waals surface area (Å²) in [5.74, 6) is -1.29. The van der Waals surface area contributed by atoms with Gasteiger partial charge in [0.1, 0.15) is 5.54 Å². The van der Waals surface area contributed by atoms with Gasteiger partial charge in [0.25, 0.3) is 0 Å². The van der Waals surface area contributed by atoms with Crippen LogP contribution in [-0.4, -0.2) is 69.3 Å². The first kappa shape index (κ1) is 26.0. The largest absolute Gasteiger partial charge is 0.338 e. The average Bonchev–Trinajstić information content (AvgIpc) is 3.23. The van der Waals surface area contributed by atoms with Crippen LogP contribution in [0.5, 0.6) is 0 Å². The first-order chi connectivity index (χ1) is 17.7. The Kier molecular flexibility index (Phi) is 7.45. The van der Waals surface area contributed by atoms with Gasteiger partial charge in [0, 0.05) is 74.8 Å². The highest BCUT2D eigenvalue weighted by Gasteiger charge is 2.50. The standard InChI is InChI=1S/C27H27Cl2F2N5O/c1-34(16-22-10-20(28)12-24(30)32-22)26(37)27(14-18-4-2-3-5-19(18)15-27)36-8-6-35(7-9-36)17-23-11-21(29)13-25(31)33-23/h2-5,10-13H,6-9,14-17H2,1H3. The van der Waals surface area contributed by atoms with Crippen LogP contribution in [0.2, 0.25) is 10.0 Å². The molecule has 1 saturated heterocycles. The summed E-state index contributed by atoms with van der Waals surface area (Å²) in [5, 5.41) is 0.572. The van der Waals surface area contributed by atoms with E-state index in [0.717, 1.165) is 17.2 Å². The van der Waals surface area contributed by atoms with E-state index >= 15 is 0 Å². The average molecular weight is 546 g/mol. The molecular weight excluding hydrogens is 519 g/mol. The van der Waals surface area contributed by atoms with Gasteiger partial charge in [-0.15, -0.1) is 0 Å². The molecule has 0 saturated carbocycles. The number of benzene rings is 1. The molecule has 5 rings (SSSR count). The Balaban J connectivity index is 1.34. The van der Waals surface area contributed by atoms with Gasteiger partial charge >= 0.3 is 0 Å². The smallest absolute Gasteiger partial charge is 0.243 e. The molecule has 37 heavy (non-hydrogen) atoms. The summed E-state index contributed by atoms with van der Waals surface area (Å²) in [5.41, 5.74) is 2.56. The van der Waals surface area contributed by atoms with E-state index in [1.165, 1.54) is 6.07 Å². The molecule has 1 aromatic carbocycles. The summed E-state index contributed by atoms with van der Waals surface area (Å²) in [6.45, 7) is 3.37. The fourth-order valence-corrected chi connectivity index (χ4v) is 5.96. The van der Waals surface area contributed by atoms with Crippen molar-refractivity contribution in [3.8, 4) is 0 Å². The van der Waals surface area contributed by atoms with E-state index in [2.05, 4.69) is 31.9 Å². The summed E-state index contributed by atoms with van der Waals surface area (Å²) in [6.07, 6.45) is 1.20. The van der Waals surface area contributed by atoms with Crippen molar-refractivity contribution in [2.24, 2.45) is 0 Å². The van der Waals surface area contributed by atoms with Crippen LogP contribution in [0, 0.1) is 11.9 Å². The second-order valence-electron chi connectivity index (χ2n) is 9.78. The minimum atomic E-state index is -0.748. The zero-order valence-electron chi connectivity index (χ0n) is 20.4. The monoisotopic (exact) mass is 545 g/mol. The number of aromatic nitrogens is 2. The van der Waals surface area contributed by atoms with Crippen molar-refractivity contribution in [2.75, 3.05) is 33.2 Å². The van der Waals surface area contributed by atoms with Gasteiger partial charge in [-0.2, -0.15) is 8.78 Å². The van der Waals surface area contributed by atoms with Crippen LogP contribution < -0.4 is 0 Å². The SMILES string of the molecule is CN(Cc1cc(Cl)cc(F)n1)C(=O)C1(N2CCN(Cc3cc(Cl)cc(F)n3)CC2)Cc2ccccc2C1. The first-order valence-corrected chi connectivity index (χ1v) is 12.9. The quantitative estimate of drug-likeness (QED) is 0.430. The van der Waals surface area contributed by atoms with Gasteiger partial charge < -0.3 is 4.90 Å². The highest BCUT2D eigenvalue weighted by Crippen LogP contribution is 2.37. The van der Waals surface area contributed by atoms with Crippen molar-refractivity contribution < 1.29 is 13.6 Å². The molecule has 194 valence electrons. The van der Waals surface area contributed by atoms with Gasteiger partial charge in [-0.3, -0.25) is 14.6 Å². The normalized spacial score (nSPS) is 17.5. The number of halogens is 4. The number of carbonyl (C=O) groups excluding carboxylic acids is 1. The van der Waals surface area contributed by atoms with Crippen LogP contribution in [0.25, 0.3) is 0 Å². The predicted molar refractivity (Wildman–Crippen MR) is 138 cm³/mol. The Labute approximate surface area is 224 Å². The Morgan fingerprint density at radius 2 is 1.46 bits per heavy atom. The molecule has 2 aromatic heterocycles. The lowest BCUT2D eigenvalue weighted by atomic mass is 9.90. The molecule has 2 aliphatic rings. The fourth-order valence-electron chi connectivity index (χ4n) is 5.53. The van der Waals surface area contributed by atoms with E-state index < -0.39 is 17.4 Å². The van der Waals surface area contributed by atoms with E-state index in [0.29, 0.717) is 62.0 Å². The molecule has 3 heterocycles. The van der Waals surface area contributed by atoms with Crippen LogP contribution >= 0.6 is 23.2 Å². The van der Waals surface area contributed by atoms with Gasteiger partial charge in [-0.1, -0.05) is 47.5 Å². The summed E-state index contributed by atoms with van der Waals surface area (Å²) >= 11 is 12.0. The summed E-state index contributed by atoms with van der Waals surface area (Å²) in [7, 11) is 1.73. The third-order valence-corrected chi connectivity index (χ3v) is 7.65. The van der Waals surface area contributed by atoms with Crippen LogP contribution in [0.3, 0.4) is 0 Å². The second-order valence-corrected chi connectivity index (χ2v) is 10.6. The molecule has 0 radical (unpaired) electrons. The second kappa shape index (κ2) is 10.6. The summed E-state index contributed by atoms with van der Waals surface area (Å²) < 4.78 is 27.5. The lowest BCUT2D eigenvalue weighted by Gasteiger charge is -2.46. The number of carbonyl (C=O) groups is 1. The number of rotatable bonds is 6. The van der Waals surface area contributed by atoms with Crippen molar-refractivity contribution in [1.82, 2.24) is 24.7 Å².